The number of carbonyl (C=O) groups excluding carboxylic acids is 2. The zero-order valence-corrected chi connectivity index (χ0v) is 15.6. The summed E-state index contributed by atoms with van der Waals surface area (Å²) in [6.07, 6.45) is 4.21. The molecule has 1 unspecified atom stereocenters. The highest BCUT2D eigenvalue weighted by atomic mass is 16.2. The monoisotopic (exact) mass is 362 g/mol. The maximum Gasteiger partial charge on any atom is 0.253 e. The Balaban J connectivity index is 1.43. The summed E-state index contributed by atoms with van der Waals surface area (Å²) in [6, 6.07) is 17.4. The van der Waals surface area contributed by atoms with Gasteiger partial charge in [0.1, 0.15) is 0 Å². The van der Waals surface area contributed by atoms with Crippen LogP contribution in [0.15, 0.2) is 54.6 Å². The van der Waals surface area contributed by atoms with Gasteiger partial charge in [-0.05, 0) is 49.9 Å². The summed E-state index contributed by atoms with van der Waals surface area (Å²) in [5, 5.41) is 0. The van der Waals surface area contributed by atoms with Gasteiger partial charge in [0, 0.05) is 48.9 Å². The third-order valence-electron chi connectivity index (χ3n) is 5.72. The van der Waals surface area contributed by atoms with Crippen molar-refractivity contribution < 1.29 is 9.59 Å². The number of ketones is 1. The largest absolute Gasteiger partial charge is 0.372 e. The molecule has 4 heteroatoms. The molecule has 2 aromatic rings. The lowest BCUT2D eigenvalue weighted by atomic mass is 9.89. The highest BCUT2D eigenvalue weighted by Crippen LogP contribution is 2.24. The Morgan fingerprint density at radius 3 is 2.19 bits per heavy atom. The van der Waals surface area contributed by atoms with E-state index in [4.69, 9.17) is 0 Å². The van der Waals surface area contributed by atoms with E-state index in [1.54, 1.807) is 0 Å². The van der Waals surface area contributed by atoms with E-state index in [0.717, 1.165) is 38.0 Å². The molecule has 0 N–H and O–H groups in total. The molecule has 2 saturated heterocycles. The van der Waals surface area contributed by atoms with Gasteiger partial charge in [-0.1, -0.05) is 30.3 Å². The van der Waals surface area contributed by atoms with Crippen molar-refractivity contribution in [3.8, 4) is 0 Å². The first-order valence-electron chi connectivity index (χ1n) is 9.96. The number of rotatable bonds is 4. The average Bonchev–Trinajstić information content (AvgIpc) is 3.28. The second-order valence-electron chi connectivity index (χ2n) is 7.56. The first kappa shape index (κ1) is 17.8. The SMILES string of the molecule is O=C(c1ccccc1)C1CCCN(C(=O)c2ccc(N3CCCC3)cc2)C1. The highest BCUT2D eigenvalue weighted by Gasteiger charge is 2.29. The summed E-state index contributed by atoms with van der Waals surface area (Å²) in [5.41, 5.74) is 2.65. The summed E-state index contributed by atoms with van der Waals surface area (Å²) in [4.78, 5) is 29.9. The maximum atomic E-state index is 12.9. The molecule has 1 atom stereocenters. The molecule has 0 aliphatic carbocycles. The van der Waals surface area contributed by atoms with E-state index in [2.05, 4.69) is 17.0 Å². The van der Waals surface area contributed by atoms with E-state index in [9.17, 15) is 9.59 Å². The summed E-state index contributed by atoms with van der Waals surface area (Å²) < 4.78 is 0. The number of likely N-dealkylation sites (tertiary alicyclic amines) is 1. The minimum Gasteiger partial charge on any atom is -0.372 e. The molecule has 0 saturated carbocycles. The third kappa shape index (κ3) is 3.90. The van der Waals surface area contributed by atoms with Crippen molar-refractivity contribution in [2.24, 2.45) is 5.92 Å². The van der Waals surface area contributed by atoms with Crippen LogP contribution in [0, 0.1) is 5.92 Å². The second kappa shape index (κ2) is 7.95. The molecular formula is C23H26N2O2. The Bertz CT molecular complexity index is 795. The molecule has 4 rings (SSSR count). The fraction of sp³-hybridized carbons (Fsp3) is 0.391. The molecule has 4 nitrogen and oxygen atoms in total. The lowest BCUT2D eigenvalue weighted by Gasteiger charge is -2.32. The van der Waals surface area contributed by atoms with E-state index >= 15 is 0 Å². The van der Waals surface area contributed by atoms with Gasteiger partial charge in [-0.25, -0.2) is 0 Å². The van der Waals surface area contributed by atoms with Crippen molar-refractivity contribution >= 4 is 17.4 Å². The molecule has 2 aliphatic heterocycles. The maximum absolute atomic E-state index is 12.9. The molecule has 0 radical (unpaired) electrons. The summed E-state index contributed by atoms with van der Waals surface area (Å²) in [7, 11) is 0. The van der Waals surface area contributed by atoms with Crippen molar-refractivity contribution in [2.45, 2.75) is 25.7 Å². The lowest BCUT2D eigenvalue weighted by molar-refractivity contribution is 0.0637. The van der Waals surface area contributed by atoms with Gasteiger partial charge in [0.2, 0.25) is 0 Å². The predicted molar refractivity (Wildman–Crippen MR) is 107 cm³/mol. The van der Waals surface area contributed by atoms with Gasteiger partial charge in [0.25, 0.3) is 5.91 Å². The van der Waals surface area contributed by atoms with E-state index in [-0.39, 0.29) is 17.6 Å². The van der Waals surface area contributed by atoms with Crippen molar-refractivity contribution in [1.29, 1.82) is 0 Å². The van der Waals surface area contributed by atoms with Crippen molar-refractivity contribution in [1.82, 2.24) is 4.90 Å². The molecule has 0 bridgehead atoms. The fourth-order valence-electron chi connectivity index (χ4n) is 4.19. The lowest BCUT2D eigenvalue weighted by Crippen LogP contribution is -2.42. The second-order valence-corrected chi connectivity index (χ2v) is 7.56. The molecule has 0 spiro atoms. The molecule has 1 amide bonds. The van der Waals surface area contributed by atoms with Crippen molar-refractivity contribution in [3.63, 3.8) is 0 Å². The Morgan fingerprint density at radius 1 is 0.778 bits per heavy atom. The molecule has 27 heavy (non-hydrogen) atoms. The minimum absolute atomic E-state index is 0.0357. The number of piperidine rings is 1. The summed E-state index contributed by atoms with van der Waals surface area (Å²) in [6.45, 7) is 3.44. The van der Waals surface area contributed by atoms with E-state index in [1.165, 1.54) is 18.5 Å². The number of carbonyl (C=O) groups is 2. The first-order valence-corrected chi connectivity index (χ1v) is 9.96. The fourth-order valence-corrected chi connectivity index (χ4v) is 4.19. The molecule has 140 valence electrons. The van der Waals surface area contributed by atoms with Gasteiger partial charge >= 0.3 is 0 Å². The Hall–Kier alpha value is -2.62. The summed E-state index contributed by atoms with van der Waals surface area (Å²) >= 11 is 0. The zero-order chi connectivity index (χ0) is 18.6. The number of hydrogen-bond acceptors (Lipinski definition) is 3. The third-order valence-corrected chi connectivity index (χ3v) is 5.72. The molecule has 2 aromatic carbocycles. The van der Waals surface area contributed by atoms with Crippen LogP contribution in [0.1, 0.15) is 46.4 Å². The normalized spacial score (nSPS) is 19.9. The van der Waals surface area contributed by atoms with Gasteiger partial charge in [0.05, 0.1) is 0 Å². The molecule has 2 fully saturated rings. The van der Waals surface area contributed by atoms with Crippen molar-refractivity contribution in [3.05, 3.63) is 65.7 Å². The van der Waals surface area contributed by atoms with Crippen molar-refractivity contribution in [2.75, 3.05) is 31.1 Å². The summed E-state index contributed by atoms with van der Waals surface area (Å²) in [5.74, 6) is 0.0833. The topological polar surface area (TPSA) is 40.6 Å². The van der Waals surface area contributed by atoms with Crippen LogP contribution in [-0.2, 0) is 0 Å². The number of nitrogens with zero attached hydrogens (tertiary/aromatic N) is 2. The van der Waals surface area contributed by atoms with Gasteiger partial charge in [-0.2, -0.15) is 0 Å². The average molecular weight is 362 g/mol. The smallest absolute Gasteiger partial charge is 0.253 e. The number of Topliss-reactive ketones (excluding diaryl/α,β-unsaturated/α-hetero) is 1. The number of amides is 1. The Morgan fingerprint density at radius 2 is 1.48 bits per heavy atom. The standard InChI is InChI=1S/C23H26N2O2/c26-22(18-7-2-1-3-8-18)20-9-6-16-25(17-20)23(27)19-10-12-21(13-11-19)24-14-4-5-15-24/h1-3,7-8,10-13,20H,4-6,9,14-17H2. The van der Waals surface area contributed by atoms with Crippen LogP contribution in [0.3, 0.4) is 0 Å². The quantitative estimate of drug-likeness (QED) is 0.771. The number of anilines is 1. The van der Waals surface area contributed by atoms with Crippen LogP contribution in [0.2, 0.25) is 0 Å². The first-order chi connectivity index (χ1) is 13.2. The van der Waals surface area contributed by atoms with Gasteiger partial charge in [-0.3, -0.25) is 9.59 Å². The zero-order valence-electron chi connectivity index (χ0n) is 15.6. The molecule has 2 aliphatic rings. The van der Waals surface area contributed by atoms with Crippen LogP contribution in [0.4, 0.5) is 5.69 Å². The van der Waals surface area contributed by atoms with Gasteiger partial charge in [-0.15, -0.1) is 0 Å². The van der Waals surface area contributed by atoms with Crippen LogP contribution in [0.25, 0.3) is 0 Å². The van der Waals surface area contributed by atoms with Crippen LogP contribution in [-0.4, -0.2) is 42.8 Å². The van der Waals surface area contributed by atoms with E-state index in [1.807, 2.05) is 47.4 Å². The molecule has 2 heterocycles. The van der Waals surface area contributed by atoms with Gasteiger partial charge in [0.15, 0.2) is 5.78 Å². The highest BCUT2D eigenvalue weighted by molar-refractivity contribution is 5.99. The Labute approximate surface area is 160 Å². The molecular weight excluding hydrogens is 336 g/mol. The van der Waals surface area contributed by atoms with Crippen LogP contribution in [0.5, 0.6) is 0 Å². The number of benzene rings is 2. The van der Waals surface area contributed by atoms with Crippen LogP contribution >= 0.6 is 0 Å². The number of hydrogen-bond donors (Lipinski definition) is 0. The predicted octanol–water partition coefficient (Wildman–Crippen LogP) is 4.02. The molecule has 0 aromatic heterocycles. The minimum atomic E-state index is -0.103. The van der Waals surface area contributed by atoms with E-state index < -0.39 is 0 Å². The Kier molecular flexibility index (Phi) is 5.23. The van der Waals surface area contributed by atoms with E-state index in [0.29, 0.717) is 12.1 Å². The van der Waals surface area contributed by atoms with Gasteiger partial charge < -0.3 is 9.80 Å². The van der Waals surface area contributed by atoms with Crippen LogP contribution < -0.4 is 4.90 Å².